The van der Waals surface area contributed by atoms with Gasteiger partial charge in [0, 0.05) is 33.3 Å². The Morgan fingerprint density at radius 2 is 0.983 bits per heavy atom. The third-order valence-electron chi connectivity index (χ3n) is 12.3. The molecule has 0 fully saturated rings. The second kappa shape index (κ2) is 12.5. The second-order valence-electron chi connectivity index (χ2n) is 15.9. The Balaban J connectivity index is 1.13. The highest BCUT2D eigenvalue weighted by molar-refractivity contribution is 6.19. The molecule has 0 aliphatic heterocycles. The van der Waals surface area contributed by atoms with Crippen LogP contribution < -0.4 is 4.74 Å². The van der Waals surface area contributed by atoms with Gasteiger partial charge in [-0.2, -0.15) is 0 Å². The third-order valence-corrected chi connectivity index (χ3v) is 12.3. The zero-order chi connectivity index (χ0) is 39.5. The summed E-state index contributed by atoms with van der Waals surface area (Å²) in [4.78, 5) is 15.3. The van der Waals surface area contributed by atoms with Gasteiger partial charge in [0.25, 0.3) is 0 Å². The molecule has 59 heavy (non-hydrogen) atoms. The van der Waals surface area contributed by atoms with Crippen LogP contribution in [-0.2, 0) is 0 Å². The van der Waals surface area contributed by atoms with Crippen molar-refractivity contribution in [2.24, 2.45) is 0 Å². The van der Waals surface area contributed by atoms with Crippen LogP contribution in [0.25, 0.3) is 99.1 Å². The highest BCUT2D eigenvalue weighted by atomic mass is 16.5. The molecule has 0 saturated carbocycles. The van der Waals surface area contributed by atoms with Crippen molar-refractivity contribution in [3.63, 3.8) is 0 Å². The van der Waals surface area contributed by atoms with E-state index >= 15 is 0 Å². The first-order valence-electron chi connectivity index (χ1n) is 20.1. The van der Waals surface area contributed by atoms with Gasteiger partial charge in [-0.05, 0) is 162 Å². The van der Waals surface area contributed by atoms with E-state index in [4.69, 9.17) is 19.7 Å². The van der Waals surface area contributed by atoms with Crippen LogP contribution in [0.15, 0.2) is 152 Å². The smallest absolute Gasteiger partial charge is 0.147 e. The number of aromatic nitrogens is 5. The number of para-hydroxylation sites is 4. The zero-order valence-corrected chi connectivity index (χ0v) is 33.1. The number of ether oxygens (including phenoxy) is 1. The fraction of sp³-hybridized carbons (Fsp3) is 0.0755. The minimum atomic E-state index is 0.731. The fourth-order valence-corrected chi connectivity index (χ4v) is 9.71. The molecule has 6 nitrogen and oxygen atoms in total. The van der Waals surface area contributed by atoms with E-state index in [1.54, 1.807) is 0 Å². The monoisotopic (exact) mass is 759 g/mol. The van der Waals surface area contributed by atoms with E-state index in [9.17, 15) is 0 Å². The van der Waals surface area contributed by atoms with E-state index in [1.807, 2.05) is 30.5 Å². The van der Waals surface area contributed by atoms with E-state index in [0.29, 0.717) is 0 Å². The number of hydrogen-bond donors (Lipinski definition) is 0. The summed E-state index contributed by atoms with van der Waals surface area (Å²) < 4.78 is 11.4. The molecule has 0 atom stereocenters. The molecule has 5 heterocycles. The van der Waals surface area contributed by atoms with Crippen LogP contribution in [0, 0.1) is 27.7 Å². The van der Waals surface area contributed by atoms with Crippen LogP contribution in [0.5, 0.6) is 11.5 Å². The molecular weight excluding hydrogens is 723 g/mol. The molecule has 0 bridgehead atoms. The molecule has 0 N–H and O–H groups in total. The van der Waals surface area contributed by atoms with E-state index in [-0.39, 0.29) is 0 Å². The minimum absolute atomic E-state index is 0.731. The van der Waals surface area contributed by atoms with Crippen molar-refractivity contribution in [2.45, 2.75) is 27.7 Å². The SMILES string of the molecule is Cc1cccc(C)c1-c1cc(-c2c(C)cccc2C)c2c(c1)c1ccc(Oc3ccc4c5cccnc5n5c6ccccc6nc5c4c3)cc1c1nc3ccccc3n12. The first kappa shape index (κ1) is 33.6. The number of pyridine rings is 3. The molecule has 6 heteroatoms. The van der Waals surface area contributed by atoms with Crippen LogP contribution >= 0.6 is 0 Å². The van der Waals surface area contributed by atoms with E-state index < -0.39 is 0 Å². The van der Waals surface area contributed by atoms with Crippen LogP contribution in [0.2, 0.25) is 0 Å². The predicted octanol–water partition coefficient (Wildman–Crippen LogP) is 13.7. The van der Waals surface area contributed by atoms with Gasteiger partial charge in [-0.1, -0.05) is 60.7 Å². The van der Waals surface area contributed by atoms with Gasteiger partial charge in [0.05, 0.1) is 27.6 Å². The van der Waals surface area contributed by atoms with Crippen molar-refractivity contribution in [3.05, 3.63) is 174 Å². The Kier molecular flexibility index (Phi) is 7.09. The van der Waals surface area contributed by atoms with Crippen molar-refractivity contribution in [3.8, 4) is 33.8 Å². The molecule has 0 spiro atoms. The molecule has 0 aliphatic carbocycles. The topological polar surface area (TPSA) is 56.7 Å². The Hall–Kier alpha value is -7.57. The average Bonchev–Trinajstić information content (AvgIpc) is 3.84. The fourth-order valence-electron chi connectivity index (χ4n) is 9.71. The molecule has 12 rings (SSSR count). The van der Waals surface area contributed by atoms with Gasteiger partial charge < -0.3 is 4.74 Å². The summed E-state index contributed by atoms with van der Waals surface area (Å²) in [5, 5.41) is 6.47. The maximum absolute atomic E-state index is 6.82. The molecule has 12 aromatic rings. The lowest BCUT2D eigenvalue weighted by atomic mass is 9.87. The van der Waals surface area contributed by atoms with Crippen molar-refractivity contribution in [2.75, 3.05) is 0 Å². The van der Waals surface area contributed by atoms with E-state index in [2.05, 4.69) is 158 Å². The molecule has 0 amide bonds. The number of nitrogens with zero attached hydrogens (tertiary/aromatic N) is 5. The summed E-state index contributed by atoms with van der Waals surface area (Å²) in [7, 11) is 0. The summed E-state index contributed by atoms with van der Waals surface area (Å²) in [6.07, 6.45) is 1.84. The number of rotatable bonds is 4. The van der Waals surface area contributed by atoms with E-state index in [0.717, 1.165) is 83.0 Å². The highest BCUT2D eigenvalue weighted by Crippen LogP contribution is 2.44. The summed E-state index contributed by atoms with van der Waals surface area (Å²) in [6.45, 7) is 8.87. The summed E-state index contributed by atoms with van der Waals surface area (Å²) in [6, 6.07) is 51.6. The van der Waals surface area contributed by atoms with Gasteiger partial charge in [-0.15, -0.1) is 0 Å². The molecule has 0 aliphatic rings. The number of benzene rings is 7. The Morgan fingerprint density at radius 3 is 1.63 bits per heavy atom. The molecular formula is C53H37N5O. The molecule has 5 aromatic heterocycles. The minimum Gasteiger partial charge on any atom is -0.457 e. The summed E-state index contributed by atoms with van der Waals surface area (Å²) in [5.74, 6) is 1.46. The van der Waals surface area contributed by atoms with Gasteiger partial charge in [0.2, 0.25) is 0 Å². The van der Waals surface area contributed by atoms with Gasteiger partial charge in [-0.3, -0.25) is 8.80 Å². The summed E-state index contributed by atoms with van der Waals surface area (Å²) in [5.41, 5.74) is 17.7. The predicted molar refractivity (Wildman–Crippen MR) is 243 cm³/mol. The highest BCUT2D eigenvalue weighted by Gasteiger charge is 2.22. The summed E-state index contributed by atoms with van der Waals surface area (Å²) >= 11 is 0. The van der Waals surface area contributed by atoms with Crippen LogP contribution in [0.3, 0.4) is 0 Å². The number of fused-ring (bicyclic) bond motifs is 16. The normalized spacial score (nSPS) is 12.1. The molecule has 280 valence electrons. The van der Waals surface area contributed by atoms with Gasteiger partial charge in [0.1, 0.15) is 28.4 Å². The standard InChI is InChI=1S/C53H37N5O/c1-30-12-9-13-31(2)48(30)34-26-40-38-24-22-36(59-35-21-23-37-39-16-11-25-54-51(39)58-47-20-8-6-18-45(47)56-53(58)41(37)28-35)29-42(38)52-55-44-17-5-7-19-46(44)57(52)50(40)43(27-34)49-32(3)14-10-15-33(49)4/h5-29H,1-4H3. The molecule has 0 unspecified atom stereocenters. The van der Waals surface area contributed by atoms with Crippen molar-refractivity contribution < 1.29 is 4.74 Å². The zero-order valence-electron chi connectivity index (χ0n) is 33.1. The lowest BCUT2D eigenvalue weighted by Crippen LogP contribution is -1.99. The second-order valence-corrected chi connectivity index (χ2v) is 15.9. The third kappa shape index (κ3) is 4.90. The number of imidazole rings is 2. The number of aryl methyl sites for hydroxylation is 4. The van der Waals surface area contributed by atoms with Gasteiger partial charge in [0.15, 0.2) is 0 Å². The largest absolute Gasteiger partial charge is 0.457 e. The Bertz CT molecular complexity index is 3720. The van der Waals surface area contributed by atoms with Crippen molar-refractivity contribution >= 4 is 76.8 Å². The Morgan fingerprint density at radius 1 is 0.424 bits per heavy atom. The van der Waals surface area contributed by atoms with Crippen LogP contribution in [-0.4, -0.2) is 23.8 Å². The van der Waals surface area contributed by atoms with Gasteiger partial charge in [-0.25, -0.2) is 15.0 Å². The molecule has 0 radical (unpaired) electrons. The number of hydrogen-bond acceptors (Lipinski definition) is 4. The molecule has 0 saturated heterocycles. The first-order valence-corrected chi connectivity index (χ1v) is 20.1. The van der Waals surface area contributed by atoms with Crippen LogP contribution in [0.1, 0.15) is 22.3 Å². The van der Waals surface area contributed by atoms with Crippen molar-refractivity contribution in [1.29, 1.82) is 0 Å². The van der Waals surface area contributed by atoms with Crippen molar-refractivity contribution in [1.82, 2.24) is 23.8 Å². The van der Waals surface area contributed by atoms with Gasteiger partial charge >= 0.3 is 0 Å². The quantitative estimate of drug-likeness (QED) is 0.168. The lowest BCUT2D eigenvalue weighted by Gasteiger charge is -2.20. The lowest BCUT2D eigenvalue weighted by molar-refractivity contribution is 0.484. The van der Waals surface area contributed by atoms with E-state index in [1.165, 1.54) is 49.9 Å². The first-order chi connectivity index (χ1) is 28.9. The average molecular weight is 760 g/mol. The molecule has 7 aromatic carbocycles. The maximum Gasteiger partial charge on any atom is 0.147 e. The maximum atomic E-state index is 6.82. The Labute approximate surface area is 339 Å². The van der Waals surface area contributed by atoms with Crippen LogP contribution in [0.4, 0.5) is 0 Å².